The molecule has 1 saturated heterocycles. The van der Waals surface area contributed by atoms with E-state index < -0.39 is 0 Å². The molecule has 1 unspecified atom stereocenters. The minimum Gasteiger partial charge on any atom is -0.492 e. The maximum Gasteiger partial charge on any atom is 0.170 e. The highest BCUT2D eigenvalue weighted by atomic mass is 16.6. The highest BCUT2D eigenvalue weighted by Gasteiger charge is 2.21. The highest BCUT2D eigenvalue weighted by Crippen LogP contribution is 2.38. The van der Waals surface area contributed by atoms with Crippen LogP contribution in [0.5, 0.6) is 11.5 Å². The third-order valence-electron chi connectivity index (χ3n) is 3.25. The summed E-state index contributed by atoms with van der Waals surface area (Å²) in [6.07, 6.45) is 0.968. The van der Waals surface area contributed by atoms with Crippen LogP contribution in [0.1, 0.15) is 6.42 Å². The maximum atomic E-state index is 5.95. The second-order valence-corrected chi connectivity index (χ2v) is 4.65. The van der Waals surface area contributed by atoms with Crippen LogP contribution in [0, 0.1) is 0 Å². The lowest BCUT2D eigenvalue weighted by molar-refractivity contribution is 0.139. The molecule has 0 amide bonds. The second kappa shape index (κ2) is 5.42. The van der Waals surface area contributed by atoms with Crippen LogP contribution in [0.25, 0.3) is 11.3 Å². The first kappa shape index (κ1) is 12.8. The molecule has 1 fully saturated rings. The van der Waals surface area contributed by atoms with Crippen molar-refractivity contribution in [1.82, 2.24) is 10.2 Å². The van der Waals surface area contributed by atoms with Gasteiger partial charge in [0.1, 0.15) is 11.9 Å². The van der Waals surface area contributed by atoms with E-state index in [0.29, 0.717) is 23.9 Å². The molecule has 1 aromatic carbocycles. The van der Waals surface area contributed by atoms with Gasteiger partial charge in [-0.3, -0.25) is 5.10 Å². The molecule has 0 bridgehead atoms. The maximum absolute atomic E-state index is 5.95. The first-order valence-electron chi connectivity index (χ1n) is 6.50. The van der Waals surface area contributed by atoms with Crippen molar-refractivity contribution in [3.63, 3.8) is 0 Å². The van der Waals surface area contributed by atoms with E-state index in [1.165, 1.54) is 0 Å². The summed E-state index contributed by atoms with van der Waals surface area (Å²) in [6.45, 7) is 1.36. The third-order valence-corrected chi connectivity index (χ3v) is 3.25. The summed E-state index contributed by atoms with van der Waals surface area (Å²) in [5.41, 5.74) is 7.31. The van der Waals surface area contributed by atoms with Gasteiger partial charge in [0.25, 0.3) is 0 Å². The predicted octanol–water partition coefficient (Wildman–Crippen LogP) is 1.84. The Morgan fingerprint density at radius 2 is 2.35 bits per heavy atom. The van der Waals surface area contributed by atoms with E-state index in [1.807, 2.05) is 18.2 Å². The Bertz CT molecular complexity index is 591. The number of aromatic nitrogens is 2. The van der Waals surface area contributed by atoms with E-state index in [1.54, 1.807) is 13.2 Å². The summed E-state index contributed by atoms with van der Waals surface area (Å²) in [5.74, 6) is 1.81. The summed E-state index contributed by atoms with van der Waals surface area (Å²) >= 11 is 0. The van der Waals surface area contributed by atoms with Crippen LogP contribution in [0.4, 0.5) is 5.82 Å². The molecule has 0 aliphatic carbocycles. The number of ether oxygens (including phenoxy) is 3. The van der Waals surface area contributed by atoms with E-state index in [-0.39, 0.29) is 6.10 Å². The zero-order valence-corrected chi connectivity index (χ0v) is 11.3. The number of H-pyrrole nitrogens is 1. The predicted molar refractivity (Wildman–Crippen MR) is 74.8 cm³/mol. The Labute approximate surface area is 116 Å². The van der Waals surface area contributed by atoms with Gasteiger partial charge in [-0.05, 0) is 12.1 Å². The number of benzene rings is 1. The van der Waals surface area contributed by atoms with Gasteiger partial charge < -0.3 is 19.9 Å². The number of nitrogens with one attached hydrogen (secondary N) is 1. The number of anilines is 1. The van der Waals surface area contributed by atoms with E-state index in [4.69, 9.17) is 19.9 Å². The minimum atomic E-state index is 0.0750. The highest BCUT2D eigenvalue weighted by molar-refractivity contribution is 5.72. The first-order chi connectivity index (χ1) is 9.78. The zero-order chi connectivity index (χ0) is 13.9. The molecule has 0 saturated carbocycles. The van der Waals surface area contributed by atoms with Gasteiger partial charge in [-0.25, -0.2) is 0 Å². The molecule has 1 aromatic heterocycles. The number of aromatic amines is 1. The number of hydrogen-bond acceptors (Lipinski definition) is 5. The number of nitrogens with zero attached hydrogens (tertiary/aromatic N) is 1. The molecular formula is C14H17N3O3. The Morgan fingerprint density at radius 1 is 1.45 bits per heavy atom. The summed E-state index contributed by atoms with van der Waals surface area (Å²) in [7, 11) is 1.62. The number of methoxy groups -OCH3 is 1. The van der Waals surface area contributed by atoms with Crippen molar-refractivity contribution < 1.29 is 14.2 Å². The van der Waals surface area contributed by atoms with Crippen LogP contribution < -0.4 is 15.2 Å². The fourth-order valence-electron chi connectivity index (χ4n) is 2.29. The molecule has 20 heavy (non-hydrogen) atoms. The van der Waals surface area contributed by atoms with E-state index in [2.05, 4.69) is 10.2 Å². The zero-order valence-electron chi connectivity index (χ0n) is 11.3. The molecule has 1 aliphatic rings. The molecule has 6 nitrogen and oxygen atoms in total. The van der Waals surface area contributed by atoms with E-state index >= 15 is 0 Å². The van der Waals surface area contributed by atoms with Gasteiger partial charge in [-0.1, -0.05) is 6.07 Å². The lowest BCUT2D eigenvalue weighted by Gasteiger charge is -2.16. The molecule has 3 rings (SSSR count). The molecule has 2 heterocycles. The smallest absolute Gasteiger partial charge is 0.170 e. The average molecular weight is 275 g/mol. The molecular weight excluding hydrogens is 258 g/mol. The van der Waals surface area contributed by atoms with Crippen molar-refractivity contribution in [2.45, 2.75) is 12.5 Å². The van der Waals surface area contributed by atoms with Crippen LogP contribution in [-0.4, -0.2) is 36.6 Å². The van der Waals surface area contributed by atoms with E-state index in [9.17, 15) is 0 Å². The van der Waals surface area contributed by atoms with Gasteiger partial charge >= 0.3 is 0 Å². The second-order valence-electron chi connectivity index (χ2n) is 4.65. The molecule has 3 N–H and O–H groups in total. The number of rotatable bonds is 4. The van der Waals surface area contributed by atoms with Crippen LogP contribution in [-0.2, 0) is 4.74 Å². The van der Waals surface area contributed by atoms with Gasteiger partial charge in [-0.15, -0.1) is 0 Å². The molecule has 2 aromatic rings. The molecule has 1 aliphatic heterocycles. The summed E-state index contributed by atoms with van der Waals surface area (Å²) in [5, 5.41) is 6.82. The Balaban J connectivity index is 1.94. The fraction of sp³-hybridized carbons (Fsp3) is 0.357. The Kier molecular flexibility index (Phi) is 3.47. The first-order valence-corrected chi connectivity index (χ1v) is 6.50. The molecule has 0 radical (unpaired) electrons. The number of hydrogen-bond donors (Lipinski definition) is 2. The monoisotopic (exact) mass is 275 g/mol. The Hall–Kier alpha value is -2.21. The SMILES string of the molecule is COc1c(OC2CCOC2)cccc1-c1cc(N)n[nH]1. The van der Waals surface area contributed by atoms with Gasteiger partial charge in [0.05, 0.1) is 26.0 Å². The van der Waals surface area contributed by atoms with Gasteiger partial charge in [0, 0.05) is 18.1 Å². The average Bonchev–Trinajstić information content (AvgIpc) is 3.10. The standard InChI is InChI=1S/C14H17N3O3/c1-18-14-10(11-7-13(15)17-16-11)3-2-4-12(14)20-9-5-6-19-8-9/h2-4,7,9H,5-6,8H2,1H3,(H3,15,16,17). The van der Waals surface area contributed by atoms with Gasteiger partial charge in [0.15, 0.2) is 11.5 Å². The normalized spacial score (nSPS) is 18.1. The largest absolute Gasteiger partial charge is 0.492 e. The minimum absolute atomic E-state index is 0.0750. The number of nitrogen functional groups attached to an aromatic ring is 1. The van der Waals surface area contributed by atoms with Crippen LogP contribution >= 0.6 is 0 Å². The van der Waals surface area contributed by atoms with Crippen LogP contribution in [0.2, 0.25) is 0 Å². The third kappa shape index (κ3) is 2.42. The molecule has 106 valence electrons. The molecule has 1 atom stereocenters. The fourth-order valence-corrected chi connectivity index (χ4v) is 2.29. The van der Waals surface area contributed by atoms with Crippen LogP contribution in [0.15, 0.2) is 24.3 Å². The summed E-state index contributed by atoms with van der Waals surface area (Å²) in [4.78, 5) is 0. The van der Waals surface area contributed by atoms with Crippen molar-refractivity contribution in [2.75, 3.05) is 26.1 Å². The number of para-hydroxylation sites is 1. The number of nitrogens with two attached hydrogens (primary N) is 1. The Morgan fingerprint density at radius 3 is 3.00 bits per heavy atom. The van der Waals surface area contributed by atoms with Crippen LogP contribution in [0.3, 0.4) is 0 Å². The summed E-state index contributed by atoms with van der Waals surface area (Å²) < 4.78 is 16.8. The van der Waals surface area contributed by atoms with Crippen molar-refractivity contribution in [1.29, 1.82) is 0 Å². The quantitative estimate of drug-likeness (QED) is 0.889. The van der Waals surface area contributed by atoms with Crippen molar-refractivity contribution in [3.05, 3.63) is 24.3 Å². The van der Waals surface area contributed by atoms with Crippen molar-refractivity contribution in [2.24, 2.45) is 0 Å². The molecule has 0 spiro atoms. The lowest BCUT2D eigenvalue weighted by Crippen LogP contribution is -2.16. The van der Waals surface area contributed by atoms with Gasteiger partial charge in [0.2, 0.25) is 0 Å². The topological polar surface area (TPSA) is 82.4 Å². The van der Waals surface area contributed by atoms with Crippen molar-refractivity contribution >= 4 is 5.82 Å². The lowest BCUT2D eigenvalue weighted by atomic mass is 10.1. The van der Waals surface area contributed by atoms with Gasteiger partial charge in [-0.2, -0.15) is 5.10 Å². The summed E-state index contributed by atoms with van der Waals surface area (Å²) in [6, 6.07) is 7.50. The van der Waals surface area contributed by atoms with Crippen molar-refractivity contribution in [3.8, 4) is 22.8 Å². The molecule has 6 heteroatoms. The van der Waals surface area contributed by atoms with E-state index in [0.717, 1.165) is 24.3 Å².